The van der Waals surface area contributed by atoms with Crippen LogP contribution in [-0.2, 0) is 4.79 Å². The van der Waals surface area contributed by atoms with Crippen LogP contribution in [0.3, 0.4) is 0 Å². The molecule has 2 aromatic rings. The highest BCUT2D eigenvalue weighted by molar-refractivity contribution is 8.01. The molecular formula is C27H37N3O5S2. The van der Waals surface area contributed by atoms with Gasteiger partial charge in [-0.15, -0.1) is 11.8 Å². The molecule has 10 heteroatoms. The number of methoxy groups -OCH3 is 1. The molecule has 2 saturated carbocycles. The van der Waals surface area contributed by atoms with Crippen molar-refractivity contribution >= 4 is 40.2 Å². The maximum Gasteiger partial charge on any atom is 0.324 e. The number of carbonyl (C=O) groups excluding carboxylic acids is 1. The largest absolute Gasteiger partial charge is 0.497 e. The minimum absolute atomic E-state index is 0.0187. The number of amides is 2. The van der Waals surface area contributed by atoms with E-state index >= 15 is 0 Å². The normalized spacial score (nSPS) is 20.6. The molecule has 2 aliphatic carbocycles. The van der Waals surface area contributed by atoms with Crippen molar-refractivity contribution < 1.29 is 24.2 Å². The smallest absolute Gasteiger partial charge is 0.324 e. The van der Waals surface area contributed by atoms with Crippen molar-refractivity contribution in [3.05, 3.63) is 30.5 Å². The van der Waals surface area contributed by atoms with E-state index in [1.807, 2.05) is 24.3 Å². The van der Waals surface area contributed by atoms with Gasteiger partial charge in [-0.25, -0.2) is 9.78 Å². The monoisotopic (exact) mass is 547 g/mol. The first-order chi connectivity index (χ1) is 18.0. The Hall–Kier alpha value is -2.46. The Bertz CT molecular complexity index is 1000. The van der Waals surface area contributed by atoms with Crippen LogP contribution in [0.25, 0.3) is 0 Å². The Morgan fingerprint density at radius 2 is 1.68 bits per heavy atom. The molecule has 0 saturated heterocycles. The van der Waals surface area contributed by atoms with E-state index in [1.54, 1.807) is 13.3 Å². The zero-order valence-corrected chi connectivity index (χ0v) is 23.0. The third-order valence-corrected chi connectivity index (χ3v) is 9.34. The van der Waals surface area contributed by atoms with E-state index < -0.39 is 5.97 Å². The zero-order chi connectivity index (χ0) is 26.0. The fourth-order valence-electron chi connectivity index (χ4n) is 5.31. The minimum Gasteiger partial charge on any atom is -0.497 e. The summed E-state index contributed by atoms with van der Waals surface area (Å²) in [6.45, 7) is 0.685. The molecule has 2 fully saturated rings. The average Bonchev–Trinajstić information content (AvgIpc) is 3.18. The lowest BCUT2D eigenvalue weighted by Gasteiger charge is -2.41. The van der Waals surface area contributed by atoms with Crippen LogP contribution >= 0.6 is 23.1 Å². The molecule has 0 unspecified atom stereocenters. The van der Waals surface area contributed by atoms with Crippen LogP contribution in [0.1, 0.15) is 64.2 Å². The molecule has 8 nitrogen and oxygen atoms in total. The van der Waals surface area contributed by atoms with Gasteiger partial charge in [0.15, 0.2) is 5.13 Å². The van der Waals surface area contributed by atoms with Gasteiger partial charge in [0.25, 0.3) is 0 Å². The molecule has 1 heterocycles. The lowest BCUT2D eigenvalue weighted by molar-refractivity contribution is -0.133. The van der Waals surface area contributed by atoms with Crippen LogP contribution in [0.2, 0.25) is 0 Å². The predicted molar refractivity (Wildman–Crippen MR) is 147 cm³/mol. The van der Waals surface area contributed by atoms with Crippen LogP contribution in [0.5, 0.6) is 11.5 Å². The van der Waals surface area contributed by atoms with E-state index in [0.717, 1.165) is 67.1 Å². The lowest BCUT2D eigenvalue weighted by atomic mass is 9.85. The highest BCUT2D eigenvalue weighted by atomic mass is 32.2. The van der Waals surface area contributed by atoms with Crippen LogP contribution in [0, 0.1) is 5.92 Å². The Morgan fingerprint density at radius 1 is 1.03 bits per heavy atom. The molecule has 2 N–H and O–H groups in total. The number of ether oxygens (including phenoxy) is 2. The number of thioether (sulfide) groups is 1. The number of thiazole rings is 1. The maximum atomic E-state index is 13.6. The van der Waals surface area contributed by atoms with Gasteiger partial charge in [-0.05, 0) is 68.7 Å². The molecule has 0 spiro atoms. The Balaban J connectivity index is 1.35. The second kappa shape index (κ2) is 13.9. The van der Waals surface area contributed by atoms with Gasteiger partial charge in [0.1, 0.15) is 11.5 Å². The second-order valence-corrected chi connectivity index (χ2v) is 12.1. The van der Waals surface area contributed by atoms with E-state index in [9.17, 15) is 9.59 Å². The first-order valence-corrected chi connectivity index (χ1v) is 15.0. The second-order valence-electron chi connectivity index (χ2n) is 9.81. The number of carboxylic acids is 1. The number of hydrogen-bond acceptors (Lipinski definition) is 7. The lowest BCUT2D eigenvalue weighted by Crippen LogP contribution is -2.50. The van der Waals surface area contributed by atoms with E-state index in [4.69, 9.17) is 14.6 Å². The van der Waals surface area contributed by atoms with E-state index in [1.165, 1.54) is 35.9 Å². The van der Waals surface area contributed by atoms with Gasteiger partial charge in [0, 0.05) is 12.1 Å². The molecule has 0 bridgehead atoms. The molecule has 1 aromatic carbocycles. The summed E-state index contributed by atoms with van der Waals surface area (Å²) in [5.41, 5.74) is 0. The average molecular weight is 548 g/mol. The molecule has 4 rings (SSSR count). The summed E-state index contributed by atoms with van der Waals surface area (Å²) in [5.74, 6) is 1.26. The summed E-state index contributed by atoms with van der Waals surface area (Å²) >= 11 is 2.55. The van der Waals surface area contributed by atoms with Crippen molar-refractivity contribution in [2.24, 2.45) is 5.92 Å². The van der Waals surface area contributed by atoms with Crippen LogP contribution in [-0.4, -0.2) is 58.5 Å². The highest BCUT2D eigenvalue weighted by Crippen LogP contribution is 2.34. The molecule has 202 valence electrons. The Labute approximate surface area is 227 Å². The number of carboxylic acid groups (broad SMARTS) is 1. The number of urea groups is 1. The number of carbonyl (C=O) groups is 2. The van der Waals surface area contributed by atoms with E-state index in [2.05, 4.69) is 15.2 Å². The van der Waals surface area contributed by atoms with Gasteiger partial charge in [-0.3, -0.25) is 10.1 Å². The van der Waals surface area contributed by atoms with Crippen LogP contribution in [0.15, 0.2) is 34.7 Å². The number of aromatic nitrogens is 1. The molecule has 2 aliphatic rings. The first-order valence-electron chi connectivity index (χ1n) is 13.2. The number of anilines is 1. The van der Waals surface area contributed by atoms with Gasteiger partial charge in [0.05, 0.1) is 29.9 Å². The Kier molecular flexibility index (Phi) is 10.4. The SMILES string of the molecule is COc1ccc(OC[C@H]2CC[C@H](N(C(=O)Nc3ncc(SCC(=O)O)s3)C3CCCCCC3)CC2)cc1. The van der Waals surface area contributed by atoms with Crippen molar-refractivity contribution in [2.75, 3.05) is 24.8 Å². The maximum absolute atomic E-state index is 13.6. The van der Waals surface area contributed by atoms with Crippen LogP contribution < -0.4 is 14.8 Å². The van der Waals surface area contributed by atoms with Crippen molar-refractivity contribution in [2.45, 2.75) is 80.5 Å². The van der Waals surface area contributed by atoms with Gasteiger partial charge in [-0.2, -0.15) is 0 Å². The fraction of sp³-hybridized carbons (Fsp3) is 0.593. The number of nitrogens with one attached hydrogen (secondary N) is 1. The molecule has 0 atom stereocenters. The molecule has 0 aliphatic heterocycles. The number of hydrogen-bond donors (Lipinski definition) is 2. The summed E-state index contributed by atoms with van der Waals surface area (Å²) in [5, 5.41) is 12.5. The summed E-state index contributed by atoms with van der Waals surface area (Å²) in [6.07, 6.45) is 12.5. The summed E-state index contributed by atoms with van der Waals surface area (Å²) in [6, 6.07) is 8.08. The van der Waals surface area contributed by atoms with Gasteiger partial charge in [0.2, 0.25) is 0 Å². The topological polar surface area (TPSA) is 101 Å². The molecule has 0 radical (unpaired) electrons. The highest BCUT2D eigenvalue weighted by Gasteiger charge is 2.34. The van der Waals surface area contributed by atoms with Crippen molar-refractivity contribution in [1.29, 1.82) is 0 Å². The van der Waals surface area contributed by atoms with Crippen molar-refractivity contribution in [3.63, 3.8) is 0 Å². The number of benzene rings is 1. The third-order valence-electron chi connectivity index (χ3n) is 7.24. The van der Waals surface area contributed by atoms with Crippen LogP contribution in [0.4, 0.5) is 9.93 Å². The quantitative estimate of drug-likeness (QED) is 0.258. The standard InChI is InChI=1S/C27H37N3O5S2/c1-34-22-12-14-23(15-13-22)35-17-19-8-10-21(11-9-19)30(20-6-4-2-3-5-7-20)27(33)29-26-28-16-25(37-26)36-18-24(31)32/h12-16,19-21H,2-11,17-18H2,1H3,(H,31,32)(H,28,29,33)/t19-,21-. The van der Waals surface area contributed by atoms with E-state index in [0.29, 0.717) is 17.7 Å². The zero-order valence-electron chi connectivity index (χ0n) is 21.4. The fourth-order valence-corrected chi connectivity index (χ4v) is 6.90. The van der Waals surface area contributed by atoms with Gasteiger partial charge in [-0.1, -0.05) is 37.0 Å². The number of rotatable bonds is 10. The number of nitrogens with zero attached hydrogens (tertiary/aromatic N) is 2. The van der Waals surface area contributed by atoms with Gasteiger partial charge < -0.3 is 19.5 Å². The molecule has 37 heavy (non-hydrogen) atoms. The van der Waals surface area contributed by atoms with Crippen molar-refractivity contribution in [3.8, 4) is 11.5 Å². The minimum atomic E-state index is -0.867. The molecular weight excluding hydrogens is 510 g/mol. The summed E-state index contributed by atoms with van der Waals surface area (Å²) in [4.78, 5) is 30.9. The Morgan fingerprint density at radius 3 is 2.32 bits per heavy atom. The van der Waals surface area contributed by atoms with E-state index in [-0.39, 0.29) is 23.9 Å². The predicted octanol–water partition coefficient (Wildman–Crippen LogP) is 6.52. The molecule has 1 aromatic heterocycles. The summed E-state index contributed by atoms with van der Waals surface area (Å²) in [7, 11) is 1.66. The number of aliphatic carboxylic acids is 1. The first kappa shape index (κ1) is 27.6. The van der Waals surface area contributed by atoms with Crippen molar-refractivity contribution in [1.82, 2.24) is 9.88 Å². The molecule has 2 amide bonds. The summed E-state index contributed by atoms with van der Waals surface area (Å²) < 4.78 is 12.0. The third kappa shape index (κ3) is 8.26. The van der Waals surface area contributed by atoms with Gasteiger partial charge >= 0.3 is 12.0 Å².